The molecular formula is C16H17ClO. The zero-order valence-electron chi connectivity index (χ0n) is 10.9. The third-order valence-electron chi connectivity index (χ3n) is 3.09. The van der Waals surface area contributed by atoms with E-state index in [2.05, 4.69) is 37.3 Å². The summed E-state index contributed by atoms with van der Waals surface area (Å²) in [6, 6.07) is 14.4. The van der Waals surface area contributed by atoms with Gasteiger partial charge in [-0.05, 0) is 36.6 Å². The van der Waals surface area contributed by atoms with Gasteiger partial charge in [-0.1, -0.05) is 42.0 Å². The molecule has 18 heavy (non-hydrogen) atoms. The van der Waals surface area contributed by atoms with Gasteiger partial charge in [0.25, 0.3) is 0 Å². The summed E-state index contributed by atoms with van der Waals surface area (Å²) in [5.41, 5.74) is 4.52. The first-order valence-electron chi connectivity index (χ1n) is 5.97. The molecular weight excluding hydrogens is 244 g/mol. The molecule has 0 bridgehead atoms. The van der Waals surface area contributed by atoms with E-state index in [1.807, 2.05) is 19.1 Å². The van der Waals surface area contributed by atoms with Crippen molar-refractivity contribution in [2.24, 2.45) is 0 Å². The molecule has 1 unspecified atom stereocenters. The minimum Gasteiger partial charge on any atom is -0.496 e. The smallest absolute Gasteiger partial charge is 0.122 e. The Morgan fingerprint density at radius 2 is 1.56 bits per heavy atom. The van der Waals surface area contributed by atoms with Gasteiger partial charge < -0.3 is 4.74 Å². The molecule has 0 saturated heterocycles. The predicted molar refractivity (Wildman–Crippen MR) is 76.6 cm³/mol. The molecule has 0 spiro atoms. The van der Waals surface area contributed by atoms with Gasteiger partial charge in [-0.3, -0.25) is 0 Å². The molecule has 94 valence electrons. The van der Waals surface area contributed by atoms with Crippen LogP contribution in [0, 0.1) is 13.8 Å². The lowest BCUT2D eigenvalue weighted by molar-refractivity contribution is 0.411. The summed E-state index contributed by atoms with van der Waals surface area (Å²) < 4.78 is 5.33. The molecule has 0 aliphatic heterocycles. The first kappa shape index (κ1) is 13.0. The highest BCUT2D eigenvalue weighted by atomic mass is 35.5. The van der Waals surface area contributed by atoms with E-state index < -0.39 is 0 Å². The van der Waals surface area contributed by atoms with Crippen molar-refractivity contribution in [3.63, 3.8) is 0 Å². The summed E-state index contributed by atoms with van der Waals surface area (Å²) in [7, 11) is 1.68. The van der Waals surface area contributed by atoms with Crippen LogP contribution in [-0.2, 0) is 0 Å². The molecule has 0 heterocycles. The van der Waals surface area contributed by atoms with Crippen molar-refractivity contribution in [3.05, 3.63) is 64.7 Å². The van der Waals surface area contributed by atoms with E-state index in [0.717, 1.165) is 22.4 Å². The number of hydrogen-bond acceptors (Lipinski definition) is 1. The summed E-state index contributed by atoms with van der Waals surface area (Å²) >= 11 is 6.51. The fraction of sp³-hybridized carbons (Fsp3) is 0.250. The highest BCUT2D eigenvalue weighted by Crippen LogP contribution is 2.32. The number of rotatable bonds is 3. The molecule has 2 rings (SSSR count). The van der Waals surface area contributed by atoms with E-state index in [1.165, 1.54) is 5.56 Å². The summed E-state index contributed by atoms with van der Waals surface area (Å²) in [5.74, 6) is 0.880. The van der Waals surface area contributed by atoms with Crippen molar-refractivity contribution in [2.45, 2.75) is 19.2 Å². The number of hydrogen-bond donors (Lipinski definition) is 0. The molecule has 0 aliphatic carbocycles. The number of alkyl halides is 1. The largest absolute Gasteiger partial charge is 0.496 e. The number of ether oxygens (including phenoxy) is 1. The van der Waals surface area contributed by atoms with E-state index in [-0.39, 0.29) is 5.38 Å². The Balaban J connectivity index is 2.33. The van der Waals surface area contributed by atoms with Crippen LogP contribution in [0.3, 0.4) is 0 Å². The van der Waals surface area contributed by atoms with Crippen LogP contribution in [0.5, 0.6) is 5.75 Å². The Morgan fingerprint density at radius 1 is 0.944 bits per heavy atom. The monoisotopic (exact) mass is 260 g/mol. The third kappa shape index (κ3) is 2.68. The molecule has 0 fully saturated rings. The second kappa shape index (κ2) is 5.45. The quantitative estimate of drug-likeness (QED) is 0.731. The Labute approximate surface area is 113 Å². The average molecular weight is 261 g/mol. The first-order chi connectivity index (χ1) is 8.61. The molecule has 0 aromatic heterocycles. The first-order valence-corrected chi connectivity index (χ1v) is 6.40. The maximum absolute atomic E-state index is 6.51. The Hall–Kier alpha value is -1.47. The average Bonchev–Trinajstić information content (AvgIpc) is 2.39. The molecule has 0 aliphatic rings. The molecule has 2 aromatic rings. The maximum atomic E-state index is 6.51. The fourth-order valence-electron chi connectivity index (χ4n) is 1.92. The van der Waals surface area contributed by atoms with Crippen molar-refractivity contribution < 1.29 is 4.74 Å². The number of halogens is 1. The van der Waals surface area contributed by atoms with Gasteiger partial charge >= 0.3 is 0 Å². The van der Waals surface area contributed by atoms with Crippen LogP contribution in [0.4, 0.5) is 0 Å². The highest BCUT2D eigenvalue weighted by Gasteiger charge is 2.12. The second-order valence-corrected chi connectivity index (χ2v) is 4.94. The van der Waals surface area contributed by atoms with E-state index in [0.29, 0.717) is 0 Å². The standard InChI is InChI=1S/C16H17ClO/c1-11-4-7-13(8-5-11)16(17)14-9-6-12(2)15(10-14)18-3/h4-10,16H,1-3H3. The van der Waals surface area contributed by atoms with Crippen molar-refractivity contribution >= 4 is 11.6 Å². The summed E-state index contributed by atoms with van der Waals surface area (Å²) in [4.78, 5) is 0. The van der Waals surface area contributed by atoms with Crippen molar-refractivity contribution in [1.82, 2.24) is 0 Å². The van der Waals surface area contributed by atoms with Gasteiger partial charge in [0.15, 0.2) is 0 Å². The van der Waals surface area contributed by atoms with Crippen molar-refractivity contribution in [1.29, 1.82) is 0 Å². The minimum atomic E-state index is -0.139. The lowest BCUT2D eigenvalue weighted by Crippen LogP contribution is -1.95. The lowest BCUT2D eigenvalue weighted by atomic mass is 10.0. The van der Waals surface area contributed by atoms with Gasteiger partial charge in [-0.25, -0.2) is 0 Å². The van der Waals surface area contributed by atoms with Crippen molar-refractivity contribution in [2.75, 3.05) is 7.11 Å². The normalized spacial score (nSPS) is 12.2. The molecule has 0 radical (unpaired) electrons. The molecule has 1 nitrogen and oxygen atoms in total. The van der Waals surface area contributed by atoms with Crippen LogP contribution in [0.15, 0.2) is 42.5 Å². The van der Waals surface area contributed by atoms with E-state index in [9.17, 15) is 0 Å². The SMILES string of the molecule is COc1cc(C(Cl)c2ccc(C)cc2)ccc1C. The van der Waals surface area contributed by atoms with Gasteiger partial charge in [0.2, 0.25) is 0 Å². The zero-order valence-corrected chi connectivity index (χ0v) is 11.7. The summed E-state index contributed by atoms with van der Waals surface area (Å²) in [6.07, 6.45) is 0. The predicted octanol–water partition coefficient (Wildman–Crippen LogP) is 4.64. The third-order valence-corrected chi connectivity index (χ3v) is 3.60. The Morgan fingerprint density at radius 3 is 2.17 bits per heavy atom. The van der Waals surface area contributed by atoms with E-state index in [1.54, 1.807) is 7.11 Å². The van der Waals surface area contributed by atoms with E-state index >= 15 is 0 Å². The van der Waals surface area contributed by atoms with Gasteiger partial charge in [0.1, 0.15) is 5.75 Å². The zero-order chi connectivity index (χ0) is 13.1. The van der Waals surface area contributed by atoms with Gasteiger partial charge in [-0.2, -0.15) is 0 Å². The van der Waals surface area contributed by atoms with Crippen LogP contribution in [0.25, 0.3) is 0 Å². The van der Waals surface area contributed by atoms with Crippen LogP contribution in [0.1, 0.15) is 27.6 Å². The van der Waals surface area contributed by atoms with Gasteiger partial charge in [0, 0.05) is 0 Å². The number of benzene rings is 2. The molecule has 2 heteroatoms. The molecule has 0 amide bonds. The lowest BCUT2D eigenvalue weighted by Gasteiger charge is -2.13. The Bertz CT molecular complexity index is 531. The molecule has 0 N–H and O–H groups in total. The summed E-state index contributed by atoms with van der Waals surface area (Å²) in [6.45, 7) is 4.10. The number of methoxy groups -OCH3 is 1. The summed E-state index contributed by atoms with van der Waals surface area (Å²) in [5, 5.41) is -0.139. The molecule has 1 atom stereocenters. The van der Waals surface area contributed by atoms with E-state index in [4.69, 9.17) is 16.3 Å². The molecule has 2 aromatic carbocycles. The maximum Gasteiger partial charge on any atom is 0.122 e. The Kier molecular flexibility index (Phi) is 3.93. The van der Waals surface area contributed by atoms with Crippen molar-refractivity contribution in [3.8, 4) is 5.75 Å². The van der Waals surface area contributed by atoms with Crippen LogP contribution >= 0.6 is 11.6 Å². The topological polar surface area (TPSA) is 9.23 Å². The van der Waals surface area contributed by atoms with Crippen LogP contribution in [-0.4, -0.2) is 7.11 Å². The minimum absolute atomic E-state index is 0.139. The van der Waals surface area contributed by atoms with Crippen LogP contribution in [0.2, 0.25) is 0 Å². The van der Waals surface area contributed by atoms with Gasteiger partial charge in [-0.15, -0.1) is 11.6 Å². The highest BCUT2D eigenvalue weighted by molar-refractivity contribution is 6.22. The molecule has 0 saturated carbocycles. The second-order valence-electron chi connectivity index (χ2n) is 4.50. The fourth-order valence-corrected chi connectivity index (χ4v) is 2.20. The van der Waals surface area contributed by atoms with Crippen LogP contribution < -0.4 is 4.74 Å². The number of aryl methyl sites for hydroxylation is 2. The van der Waals surface area contributed by atoms with Gasteiger partial charge in [0.05, 0.1) is 12.5 Å².